The Kier molecular flexibility index (Phi) is 6.84. The average Bonchev–Trinajstić information content (AvgIpc) is 2.55. The van der Waals surface area contributed by atoms with Gasteiger partial charge in [0, 0.05) is 16.0 Å². The minimum Gasteiger partial charge on any atom is -0.353 e. The lowest BCUT2D eigenvalue weighted by atomic mass is 10.2. The van der Waals surface area contributed by atoms with Crippen LogP contribution in [-0.2, 0) is 4.79 Å². The summed E-state index contributed by atoms with van der Waals surface area (Å²) in [6, 6.07) is 11.0. The van der Waals surface area contributed by atoms with Gasteiger partial charge < -0.3 is 10.6 Å². The third-order valence-electron chi connectivity index (χ3n) is 3.12. The van der Waals surface area contributed by atoms with Crippen LogP contribution in [0.25, 0.3) is 0 Å². The third kappa shape index (κ3) is 5.76. The summed E-state index contributed by atoms with van der Waals surface area (Å²) in [7, 11) is 0. The normalized spacial score (nSPS) is 10.6. The topological polar surface area (TPSA) is 58.2 Å². The molecule has 2 aromatic carbocycles. The molecule has 0 radical (unpaired) electrons. The van der Waals surface area contributed by atoms with Crippen molar-refractivity contribution in [3.05, 3.63) is 58.9 Å². The second-order valence-corrected chi connectivity index (χ2v) is 7.04. The number of anilines is 1. The second-order valence-electron chi connectivity index (χ2n) is 5.59. The van der Waals surface area contributed by atoms with E-state index in [0.717, 1.165) is 6.07 Å². The first-order valence-corrected chi connectivity index (χ1v) is 9.00. The van der Waals surface area contributed by atoms with Crippen LogP contribution in [0.15, 0.2) is 47.4 Å². The fraction of sp³-hybridized carbons (Fsp3) is 0.222. The van der Waals surface area contributed by atoms with Gasteiger partial charge in [-0.25, -0.2) is 4.39 Å². The van der Waals surface area contributed by atoms with Crippen LogP contribution in [0.4, 0.5) is 10.1 Å². The van der Waals surface area contributed by atoms with E-state index in [4.69, 9.17) is 11.6 Å². The molecule has 0 spiro atoms. The molecule has 2 N–H and O–H groups in total. The Labute approximate surface area is 155 Å². The highest BCUT2D eigenvalue weighted by atomic mass is 35.5. The Balaban J connectivity index is 2.10. The van der Waals surface area contributed by atoms with Gasteiger partial charge in [0.15, 0.2) is 0 Å². The van der Waals surface area contributed by atoms with E-state index in [0.29, 0.717) is 10.5 Å². The SMILES string of the molecule is CC(C)NC(=O)CSc1ccccc1C(=O)Nc1ccc(Cl)cc1F. The molecule has 0 aliphatic heterocycles. The minimum absolute atomic E-state index is 0.0479. The second kappa shape index (κ2) is 8.87. The molecule has 0 saturated heterocycles. The Morgan fingerprint density at radius 2 is 1.92 bits per heavy atom. The zero-order chi connectivity index (χ0) is 18.4. The maximum absolute atomic E-state index is 13.8. The van der Waals surface area contributed by atoms with Crippen LogP contribution < -0.4 is 10.6 Å². The van der Waals surface area contributed by atoms with Gasteiger partial charge in [-0.05, 0) is 44.2 Å². The highest BCUT2D eigenvalue weighted by Gasteiger charge is 2.15. The standard InChI is InChI=1S/C18H18ClFN2O2S/c1-11(2)21-17(23)10-25-16-6-4-3-5-13(16)18(24)22-15-8-7-12(19)9-14(15)20/h3-9,11H,10H2,1-2H3,(H,21,23)(H,22,24). The molecule has 0 aliphatic rings. The van der Waals surface area contributed by atoms with E-state index in [1.54, 1.807) is 24.3 Å². The number of amides is 2. The van der Waals surface area contributed by atoms with E-state index in [1.165, 1.54) is 23.9 Å². The third-order valence-corrected chi connectivity index (χ3v) is 4.43. The summed E-state index contributed by atoms with van der Waals surface area (Å²) in [5.41, 5.74) is 0.422. The molecule has 0 aromatic heterocycles. The van der Waals surface area contributed by atoms with Gasteiger partial charge >= 0.3 is 0 Å². The molecule has 0 atom stereocenters. The fourth-order valence-electron chi connectivity index (χ4n) is 2.07. The lowest BCUT2D eigenvalue weighted by Gasteiger charge is -2.11. The molecular weight excluding hydrogens is 363 g/mol. The monoisotopic (exact) mass is 380 g/mol. The highest BCUT2D eigenvalue weighted by molar-refractivity contribution is 8.00. The van der Waals surface area contributed by atoms with Gasteiger partial charge in [0.05, 0.1) is 17.0 Å². The van der Waals surface area contributed by atoms with E-state index in [9.17, 15) is 14.0 Å². The molecule has 25 heavy (non-hydrogen) atoms. The number of hydrogen-bond acceptors (Lipinski definition) is 3. The molecule has 0 heterocycles. The van der Waals surface area contributed by atoms with Crippen LogP contribution in [0, 0.1) is 5.82 Å². The van der Waals surface area contributed by atoms with Gasteiger partial charge in [-0.15, -0.1) is 11.8 Å². The average molecular weight is 381 g/mol. The van der Waals surface area contributed by atoms with Crippen molar-refractivity contribution in [1.29, 1.82) is 0 Å². The molecule has 2 rings (SSSR count). The molecule has 2 amide bonds. The molecule has 0 bridgehead atoms. The van der Waals surface area contributed by atoms with Crippen LogP contribution in [0.3, 0.4) is 0 Å². The molecule has 7 heteroatoms. The number of halogens is 2. The van der Waals surface area contributed by atoms with Crippen molar-refractivity contribution >= 4 is 40.9 Å². The first kappa shape index (κ1) is 19.3. The van der Waals surface area contributed by atoms with Crippen molar-refractivity contribution in [2.75, 3.05) is 11.1 Å². The zero-order valence-electron chi connectivity index (χ0n) is 13.8. The Hall–Kier alpha value is -2.05. The molecule has 132 valence electrons. The summed E-state index contributed by atoms with van der Waals surface area (Å²) in [6.45, 7) is 3.76. The number of nitrogens with one attached hydrogen (secondary N) is 2. The number of carbonyl (C=O) groups is 2. The fourth-order valence-corrected chi connectivity index (χ4v) is 3.09. The van der Waals surface area contributed by atoms with Gasteiger partial charge in [-0.1, -0.05) is 23.7 Å². The van der Waals surface area contributed by atoms with Crippen molar-refractivity contribution in [3.8, 4) is 0 Å². The van der Waals surface area contributed by atoms with Crippen LogP contribution in [0.1, 0.15) is 24.2 Å². The summed E-state index contributed by atoms with van der Waals surface area (Å²) in [5.74, 6) is -0.979. The molecule has 0 aliphatic carbocycles. The lowest BCUT2D eigenvalue weighted by molar-refractivity contribution is -0.119. The van der Waals surface area contributed by atoms with Gasteiger partial charge in [0.2, 0.25) is 5.91 Å². The summed E-state index contributed by atoms with van der Waals surface area (Å²) < 4.78 is 13.8. The van der Waals surface area contributed by atoms with Crippen molar-refractivity contribution < 1.29 is 14.0 Å². The van der Waals surface area contributed by atoms with Crippen LogP contribution in [0.2, 0.25) is 5.02 Å². The predicted octanol–water partition coefficient (Wildman–Crippen LogP) is 4.35. The largest absolute Gasteiger partial charge is 0.353 e. The van der Waals surface area contributed by atoms with Gasteiger partial charge in [0.25, 0.3) is 5.91 Å². The van der Waals surface area contributed by atoms with Crippen LogP contribution in [0.5, 0.6) is 0 Å². The van der Waals surface area contributed by atoms with E-state index in [2.05, 4.69) is 10.6 Å². The Bertz CT molecular complexity index is 783. The molecule has 0 saturated carbocycles. The maximum Gasteiger partial charge on any atom is 0.256 e. The molecule has 0 unspecified atom stereocenters. The van der Waals surface area contributed by atoms with Crippen molar-refractivity contribution in [2.24, 2.45) is 0 Å². The summed E-state index contributed by atoms with van der Waals surface area (Å²) in [5, 5.41) is 5.57. The Morgan fingerprint density at radius 3 is 2.60 bits per heavy atom. The van der Waals surface area contributed by atoms with Crippen molar-refractivity contribution in [2.45, 2.75) is 24.8 Å². The van der Waals surface area contributed by atoms with E-state index in [1.807, 2.05) is 13.8 Å². The molecule has 0 fully saturated rings. The van der Waals surface area contributed by atoms with E-state index < -0.39 is 11.7 Å². The number of benzene rings is 2. The Morgan fingerprint density at radius 1 is 1.20 bits per heavy atom. The van der Waals surface area contributed by atoms with Crippen LogP contribution in [-0.4, -0.2) is 23.6 Å². The van der Waals surface area contributed by atoms with Gasteiger partial charge in [0.1, 0.15) is 5.82 Å². The first-order valence-electron chi connectivity index (χ1n) is 7.64. The first-order chi connectivity index (χ1) is 11.9. The van der Waals surface area contributed by atoms with Crippen molar-refractivity contribution in [3.63, 3.8) is 0 Å². The molecule has 2 aromatic rings. The summed E-state index contributed by atoms with van der Waals surface area (Å²) in [6.07, 6.45) is 0. The number of hydrogen-bond donors (Lipinski definition) is 2. The van der Waals surface area contributed by atoms with E-state index in [-0.39, 0.29) is 28.4 Å². The van der Waals surface area contributed by atoms with E-state index >= 15 is 0 Å². The van der Waals surface area contributed by atoms with Gasteiger partial charge in [-0.3, -0.25) is 9.59 Å². The zero-order valence-corrected chi connectivity index (χ0v) is 15.4. The van der Waals surface area contributed by atoms with Crippen molar-refractivity contribution in [1.82, 2.24) is 5.32 Å². The number of rotatable bonds is 6. The smallest absolute Gasteiger partial charge is 0.256 e. The number of thioether (sulfide) groups is 1. The lowest BCUT2D eigenvalue weighted by Crippen LogP contribution is -2.31. The van der Waals surface area contributed by atoms with Gasteiger partial charge in [-0.2, -0.15) is 0 Å². The maximum atomic E-state index is 13.8. The predicted molar refractivity (Wildman–Crippen MR) is 99.8 cm³/mol. The molecular formula is C18H18ClFN2O2S. The summed E-state index contributed by atoms with van der Waals surface area (Å²) in [4.78, 5) is 24.9. The molecule has 4 nitrogen and oxygen atoms in total. The quantitative estimate of drug-likeness (QED) is 0.732. The number of carbonyl (C=O) groups excluding carboxylic acids is 2. The highest BCUT2D eigenvalue weighted by Crippen LogP contribution is 2.25. The minimum atomic E-state index is -0.609. The van der Waals surface area contributed by atoms with Crippen LogP contribution >= 0.6 is 23.4 Å². The summed E-state index contributed by atoms with van der Waals surface area (Å²) >= 11 is 6.96.